The average Bonchev–Trinajstić information content (AvgIpc) is 4.05. The first-order valence-corrected chi connectivity index (χ1v) is 22.2. The maximum absolute atomic E-state index is 6.63. The predicted molar refractivity (Wildman–Crippen MR) is 258 cm³/mol. The van der Waals surface area contributed by atoms with E-state index in [1.807, 2.05) is 22.7 Å². The molecule has 13 rings (SSSR count). The molecule has 7 heteroatoms. The minimum Gasteiger partial charge on any atom is -0.456 e. The summed E-state index contributed by atoms with van der Waals surface area (Å²) < 4.78 is 15.1. The fraction of sp³-hybridized carbons (Fsp3) is 0. The lowest BCUT2D eigenvalue weighted by atomic mass is 9.99. The molecule has 0 saturated carbocycles. The third-order valence-corrected chi connectivity index (χ3v) is 15.0. The van der Waals surface area contributed by atoms with Gasteiger partial charge in [-0.05, 0) is 82.2 Å². The molecule has 0 atom stereocenters. The molecule has 5 heterocycles. The van der Waals surface area contributed by atoms with Crippen LogP contribution in [0.2, 0.25) is 0 Å². The Labute approximate surface area is 358 Å². The number of furan rings is 1. The predicted octanol–water partition coefficient (Wildman–Crippen LogP) is 15.8. The largest absolute Gasteiger partial charge is 0.456 e. The molecule has 0 saturated heterocycles. The Kier molecular flexibility index (Phi) is 7.28. The van der Waals surface area contributed by atoms with Crippen LogP contribution < -0.4 is 0 Å². The lowest BCUT2D eigenvalue weighted by molar-refractivity contribution is 0.669. The molecular weight excluding hydrogens is 874 g/mol. The summed E-state index contributed by atoms with van der Waals surface area (Å²) in [6.07, 6.45) is 0. The fourth-order valence-corrected chi connectivity index (χ4v) is 12.1. The second-order valence-electron chi connectivity index (χ2n) is 15.0. The first kappa shape index (κ1) is 33.6. The van der Waals surface area contributed by atoms with Crippen molar-refractivity contribution in [3.63, 3.8) is 0 Å². The van der Waals surface area contributed by atoms with Gasteiger partial charge in [-0.3, -0.25) is 4.57 Å². The van der Waals surface area contributed by atoms with Crippen molar-refractivity contribution in [1.82, 2.24) is 14.5 Å². The topological polar surface area (TPSA) is 43.9 Å². The van der Waals surface area contributed by atoms with Crippen molar-refractivity contribution in [3.8, 4) is 39.6 Å². The molecule has 0 amide bonds. The van der Waals surface area contributed by atoms with Crippen molar-refractivity contribution in [2.75, 3.05) is 0 Å². The van der Waals surface area contributed by atoms with Gasteiger partial charge < -0.3 is 4.42 Å². The highest BCUT2D eigenvalue weighted by Gasteiger charge is 2.24. The standard InChI is InChI=1S/C52H28IN3OS2/c53-48-49(30-21-23-35-34-14-5-8-19-42(34)59-45(35)28-30)54-51(31-22-24-37-41(27-31)57-40-18-10-16-32(46(37)40)29-11-2-1-3-12-29)55-52(48)56-39-17-7-4-13-33(39)36-25-26-44-47(50(36)56)38-15-6-9-20-43(38)58-44/h1-28H. The van der Waals surface area contributed by atoms with Gasteiger partial charge in [0.25, 0.3) is 0 Å². The van der Waals surface area contributed by atoms with Gasteiger partial charge >= 0.3 is 0 Å². The first-order chi connectivity index (χ1) is 29.2. The summed E-state index contributed by atoms with van der Waals surface area (Å²) in [5, 5.41) is 9.63. The molecular formula is C52H28IN3OS2. The average molecular weight is 902 g/mol. The smallest absolute Gasteiger partial charge is 0.162 e. The van der Waals surface area contributed by atoms with Gasteiger partial charge in [-0.1, -0.05) is 121 Å². The van der Waals surface area contributed by atoms with Crippen LogP contribution in [0.25, 0.3) is 124 Å². The minimum atomic E-state index is 0.644. The molecule has 5 aromatic heterocycles. The summed E-state index contributed by atoms with van der Waals surface area (Å²) in [4.78, 5) is 11.0. The van der Waals surface area contributed by atoms with E-state index >= 15 is 0 Å². The lowest BCUT2D eigenvalue weighted by Crippen LogP contribution is -2.06. The number of thiophene rings is 2. The SMILES string of the molecule is Ic1c(-c2ccc3c(c2)sc2ccccc23)nc(-c2ccc3c(c2)oc2cccc(-c4ccccc4)c23)nc1-n1c2ccccc2c2ccc3sc4ccccc4c3c21. The van der Waals surface area contributed by atoms with Gasteiger partial charge in [-0.15, -0.1) is 22.7 Å². The van der Waals surface area contributed by atoms with E-state index in [0.717, 1.165) is 70.3 Å². The molecule has 0 aliphatic carbocycles. The van der Waals surface area contributed by atoms with E-state index in [1.165, 1.54) is 51.1 Å². The Morgan fingerprint density at radius 3 is 2.03 bits per heavy atom. The van der Waals surface area contributed by atoms with E-state index in [-0.39, 0.29) is 0 Å². The van der Waals surface area contributed by atoms with Gasteiger partial charge in [0.2, 0.25) is 0 Å². The minimum absolute atomic E-state index is 0.644. The molecule has 0 radical (unpaired) electrons. The summed E-state index contributed by atoms with van der Waals surface area (Å²) in [7, 11) is 0. The third kappa shape index (κ3) is 4.99. The van der Waals surface area contributed by atoms with Crippen molar-refractivity contribution >= 4 is 129 Å². The molecule has 13 aromatic rings. The molecule has 276 valence electrons. The van der Waals surface area contributed by atoms with Crippen LogP contribution in [0.3, 0.4) is 0 Å². The van der Waals surface area contributed by atoms with E-state index in [4.69, 9.17) is 14.4 Å². The number of fused-ring (bicyclic) bond motifs is 13. The van der Waals surface area contributed by atoms with Gasteiger partial charge in [0.05, 0.1) is 20.3 Å². The van der Waals surface area contributed by atoms with E-state index in [0.29, 0.717) is 5.82 Å². The molecule has 0 unspecified atom stereocenters. The Balaban J connectivity index is 1.11. The zero-order valence-electron chi connectivity index (χ0n) is 31.1. The Morgan fingerprint density at radius 1 is 0.458 bits per heavy atom. The van der Waals surface area contributed by atoms with Gasteiger partial charge in [0, 0.05) is 73.0 Å². The number of hydrogen-bond donors (Lipinski definition) is 0. The lowest BCUT2D eigenvalue weighted by Gasteiger charge is -2.15. The zero-order chi connectivity index (χ0) is 38.8. The molecule has 59 heavy (non-hydrogen) atoms. The molecule has 0 aliphatic heterocycles. The van der Waals surface area contributed by atoms with Crippen LogP contribution in [-0.2, 0) is 0 Å². The number of benzene rings is 8. The molecule has 0 spiro atoms. The van der Waals surface area contributed by atoms with Crippen LogP contribution in [0.1, 0.15) is 0 Å². The van der Waals surface area contributed by atoms with Gasteiger partial charge in [0.15, 0.2) is 11.6 Å². The fourth-order valence-electron chi connectivity index (χ4n) is 9.09. The second kappa shape index (κ2) is 12.8. The quantitative estimate of drug-likeness (QED) is 0.165. The third-order valence-electron chi connectivity index (χ3n) is 11.7. The van der Waals surface area contributed by atoms with Crippen molar-refractivity contribution in [3.05, 3.63) is 173 Å². The van der Waals surface area contributed by atoms with Crippen molar-refractivity contribution in [2.24, 2.45) is 0 Å². The van der Waals surface area contributed by atoms with E-state index in [9.17, 15) is 0 Å². The summed E-state index contributed by atoms with van der Waals surface area (Å²) in [6, 6.07) is 60.8. The summed E-state index contributed by atoms with van der Waals surface area (Å²) in [5.41, 5.74) is 9.10. The maximum atomic E-state index is 6.63. The number of nitrogens with zero attached hydrogens (tertiary/aromatic N) is 3. The molecule has 0 bridgehead atoms. The van der Waals surface area contributed by atoms with Crippen molar-refractivity contribution in [2.45, 2.75) is 0 Å². The molecule has 0 N–H and O–H groups in total. The number of para-hydroxylation sites is 1. The van der Waals surface area contributed by atoms with Crippen LogP contribution in [0.15, 0.2) is 174 Å². The Morgan fingerprint density at radius 2 is 1.15 bits per heavy atom. The maximum Gasteiger partial charge on any atom is 0.162 e. The Bertz CT molecular complexity index is 3870. The normalized spacial score (nSPS) is 12.2. The highest BCUT2D eigenvalue weighted by Crippen LogP contribution is 2.45. The molecule has 0 fully saturated rings. The number of hydrogen-bond acceptors (Lipinski definition) is 5. The molecule has 0 aliphatic rings. The van der Waals surface area contributed by atoms with Crippen molar-refractivity contribution in [1.29, 1.82) is 0 Å². The van der Waals surface area contributed by atoms with Crippen LogP contribution in [0, 0.1) is 3.57 Å². The van der Waals surface area contributed by atoms with Crippen LogP contribution in [0.5, 0.6) is 0 Å². The highest BCUT2D eigenvalue weighted by molar-refractivity contribution is 14.1. The number of aromatic nitrogens is 3. The van der Waals surface area contributed by atoms with E-state index < -0.39 is 0 Å². The van der Waals surface area contributed by atoms with E-state index in [2.05, 4.69) is 197 Å². The summed E-state index contributed by atoms with van der Waals surface area (Å²) in [5.74, 6) is 1.50. The highest BCUT2D eigenvalue weighted by atomic mass is 127. The van der Waals surface area contributed by atoms with Crippen LogP contribution in [-0.4, -0.2) is 14.5 Å². The molecule has 4 nitrogen and oxygen atoms in total. The number of halogens is 1. The van der Waals surface area contributed by atoms with Crippen LogP contribution >= 0.6 is 45.3 Å². The Hall–Kier alpha value is -6.39. The van der Waals surface area contributed by atoms with Gasteiger partial charge in [-0.25, -0.2) is 9.97 Å². The second-order valence-corrected chi connectivity index (χ2v) is 18.2. The van der Waals surface area contributed by atoms with E-state index in [1.54, 1.807) is 0 Å². The summed E-state index contributed by atoms with van der Waals surface area (Å²) >= 11 is 6.17. The number of rotatable bonds is 4. The molecule has 8 aromatic carbocycles. The summed E-state index contributed by atoms with van der Waals surface area (Å²) in [6.45, 7) is 0. The monoisotopic (exact) mass is 901 g/mol. The van der Waals surface area contributed by atoms with Gasteiger partial charge in [0.1, 0.15) is 11.2 Å². The van der Waals surface area contributed by atoms with Crippen molar-refractivity contribution < 1.29 is 4.42 Å². The van der Waals surface area contributed by atoms with Gasteiger partial charge in [-0.2, -0.15) is 0 Å². The first-order valence-electron chi connectivity index (χ1n) is 19.5. The van der Waals surface area contributed by atoms with Crippen LogP contribution in [0.4, 0.5) is 0 Å². The zero-order valence-corrected chi connectivity index (χ0v) is 34.9.